The molecule has 0 spiro atoms. The number of imidazole rings is 1. The van der Waals surface area contributed by atoms with Gasteiger partial charge in [0, 0.05) is 17.4 Å². The van der Waals surface area contributed by atoms with Gasteiger partial charge in [-0.2, -0.15) is 0 Å². The number of H-pyrrole nitrogens is 1. The highest BCUT2D eigenvalue weighted by Crippen LogP contribution is 2.33. The van der Waals surface area contributed by atoms with E-state index in [0.717, 1.165) is 11.2 Å². The molecular formula is C12H22N2S. The molecule has 0 aliphatic heterocycles. The fourth-order valence-corrected chi connectivity index (χ4v) is 3.03. The minimum atomic E-state index is 0.0689. The summed E-state index contributed by atoms with van der Waals surface area (Å²) in [5, 5.41) is 0. The number of nitrogens with one attached hydrogen (secondary N) is 1. The summed E-state index contributed by atoms with van der Waals surface area (Å²) >= 11 is 5.32. The summed E-state index contributed by atoms with van der Waals surface area (Å²) in [5.41, 5.74) is 1.58. The van der Waals surface area contributed by atoms with Crippen molar-refractivity contribution in [3.05, 3.63) is 16.7 Å². The zero-order valence-corrected chi connectivity index (χ0v) is 11.5. The largest absolute Gasteiger partial charge is 0.337 e. The standard InChI is InChI=1S/C12H22N2S/c1-9-7-13-10(15)14(9)12(5,6)8-11(2,3)4/h7H,8H2,1-6H3,(H,13,15). The van der Waals surface area contributed by atoms with Crippen molar-refractivity contribution in [2.75, 3.05) is 0 Å². The maximum absolute atomic E-state index is 5.32. The van der Waals surface area contributed by atoms with E-state index in [0.29, 0.717) is 5.41 Å². The molecule has 86 valence electrons. The maximum Gasteiger partial charge on any atom is 0.177 e. The summed E-state index contributed by atoms with van der Waals surface area (Å²) in [5.74, 6) is 0. The molecule has 2 nitrogen and oxygen atoms in total. The highest BCUT2D eigenvalue weighted by atomic mass is 32.1. The first kappa shape index (κ1) is 12.5. The molecule has 1 rings (SSSR count). The van der Waals surface area contributed by atoms with Crippen molar-refractivity contribution in [1.82, 2.24) is 9.55 Å². The molecule has 15 heavy (non-hydrogen) atoms. The van der Waals surface area contributed by atoms with Gasteiger partial charge in [0.15, 0.2) is 4.77 Å². The van der Waals surface area contributed by atoms with Gasteiger partial charge in [0.25, 0.3) is 0 Å². The number of aryl methyl sites for hydroxylation is 1. The molecule has 1 aromatic rings. The Labute approximate surface area is 97.7 Å². The predicted molar refractivity (Wildman–Crippen MR) is 67.7 cm³/mol. The first-order valence-electron chi connectivity index (χ1n) is 5.41. The van der Waals surface area contributed by atoms with Crippen LogP contribution in [0.3, 0.4) is 0 Å². The Balaban J connectivity index is 3.11. The Kier molecular flexibility index (Phi) is 3.15. The zero-order chi connectivity index (χ0) is 11.9. The molecule has 1 aromatic heterocycles. The van der Waals surface area contributed by atoms with Crippen molar-refractivity contribution in [2.24, 2.45) is 5.41 Å². The molecule has 0 aromatic carbocycles. The Morgan fingerprint density at radius 3 is 2.13 bits per heavy atom. The summed E-state index contributed by atoms with van der Waals surface area (Å²) in [6, 6.07) is 0. The zero-order valence-electron chi connectivity index (χ0n) is 10.6. The lowest BCUT2D eigenvalue weighted by molar-refractivity contribution is 0.210. The van der Waals surface area contributed by atoms with Gasteiger partial charge in [0.2, 0.25) is 0 Å². The molecule has 0 saturated heterocycles. The van der Waals surface area contributed by atoms with Gasteiger partial charge in [0.05, 0.1) is 0 Å². The molecular weight excluding hydrogens is 204 g/mol. The molecule has 0 fully saturated rings. The second-order valence-electron chi connectivity index (χ2n) is 6.12. The van der Waals surface area contributed by atoms with Gasteiger partial charge in [-0.25, -0.2) is 0 Å². The van der Waals surface area contributed by atoms with Crippen LogP contribution in [0.5, 0.6) is 0 Å². The highest BCUT2D eigenvalue weighted by molar-refractivity contribution is 7.71. The van der Waals surface area contributed by atoms with Crippen LogP contribution >= 0.6 is 12.2 Å². The van der Waals surface area contributed by atoms with Gasteiger partial charge in [-0.15, -0.1) is 0 Å². The summed E-state index contributed by atoms with van der Waals surface area (Å²) in [4.78, 5) is 3.11. The van der Waals surface area contributed by atoms with Crippen molar-refractivity contribution < 1.29 is 0 Å². The first-order valence-corrected chi connectivity index (χ1v) is 5.82. The van der Waals surface area contributed by atoms with E-state index < -0.39 is 0 Å². The molecule has 0 radical (unpaired) electrons. The summed E-state index contributed by atoms with van der Waals surface area (Å²) < 4.78 is 3.04. The Morgan fingerprint density at radius 1 is 1.27 bits per heavy atom. The molecule has 1 N–H and O–H groups in total. The van der Waals surface area contributed by atoms with Crippen LogP contribution in [0.15, 0.2) is 6.20 Å². The number of aromatic amines is 1. The minimum absolute atomic E-state index is 0.0689. The van der Waals surface area contributed by atoms with E-state index in [1.165, 1.54) is 5.69 Å². The number of nitrogens with zero attached hydrogens (tertiary/aromatic N) is 1. The van der Waals surface area contributed by atoms with Crippen LogP contribution in [-0.4, -0.2) is 9.55 Å². The minimum Gasteiger partial charge on any atom is -0.337 e. The van der Waals surface area contributed by atoms with Crippen LogP contribution in [0.25, 0.3) is 0 Å². The van der Waals surface area contributed by atoms with E-state index in [1.807, 2.05) is 6.20 Å². The van der Waals surface area contributed by atoms with Crippen molar-refractivity contribution >= 4 is 12.2 Å². The number of aromatic nitrogens is 2. The molecule has 0 unspecified atom stereocenters. The van der Waals surface area contributed by atoms with Crippen LogP contribution in [-0.2, 0) is 5.54 Å². The Hall–Kier alpha value is -0.570. The second kappa shape index (κ2) is 3.78. The molecule has 0 aliphatic carbocycles. The lowest BCUT2D eigenvalue weighted by Crippen LogP contribution is -2.32. The van der Waals surface area contributed by atoms with Gasteiger partial charge < -0.3 is 9.55 Å². The smallest absolute Gasteiger partial charge is 0.177 e. The average Bonchev–Trinajstić information content (AvgIpc) is 2.25. The van der Waals surface area contributed by atoms with Crippen LogP contribution in [0.2, 0.25) is 0 Å². The quantitative estimate of drug-likeness (QED) is 0.755. The third-order valence-corrected chi connectivity index (χ3v) is 2.83. The molecule has 1 heterocycles. The molecule has 0 atom stereocenters. The molecule has 0 saturated carbocycles. The second-order valence-corrected chi connectivity index (χ2v) is 6.51. The van der Waals surface area contributed by atoms with Gasteiger partial charge in [-0.05, 0) is 44.8 Å². The Bertz CT molecular complexity index is 390. The topological polar surface area (TPSA) is 20.7 Å². The molecule has 0 amide bonds. The van der Waals surface area contributed by atoms with Crippen LogP contribution < -0.4 is 0 Å². The van der Waals surface area contributed by atoms with E-state index >= 15 is 0 Å². The van der Waals surface area contributed by atoms with E-state index in [-0.39, 0.29) is 5.54 Å². The average molecular weight is 226 g/mol. The molecule has 0 bridgehead atoms. The van der Waals surface area contributed by atoms with Crippen molar-refractivity contribution in [3.63, 3.8) is 0 Å². The van der Waals surface area contributed by atoms with Crippen LogP contribution in [0.4, 0.5) is 0 Å². The third-order valence-electron chi connectivity index (χ3n) is 2.53. The van der Waals surface area contributed by atoms with Crippen LogP contribution in [0, 0.1) is 17.1 Å². The summed E-state index contributed by atoms with van der Waals surface area (Å²) in [7, 11) is 0. The van der Waals surface area contributed by atoms with Crippen LogP contribution in [0.1, 0.15) is 46.7 Å². The number of rotatable bonds is 2. The summed E-state index contributed by atoms with van der Waals surface area (Å²) in [6.45, 7) is 13.4. The first-order chi connectivity index (χ1) is 6.63. The Morgan fingerprint density at radius 2 is 1.80 bits per heavy atom. The van der Waals surface area contributed by atoms with Gasteiger partial charge >= 0.3 is 0 Å². The van der Waals surface area contributed by atoms with E-state index in [9.17, 15) is 0 Å². The van der Waals surface area contributed by atoms with Gasteiger partial charge in [-0.1, -0.05) is 20.8 Å². The van der Waals surface area contributed by atoms with Crippen molar-refractivity contribution in [1.29, 1.82) is 0 Å². The molecule has 0 aliphatic rings. The molecule has 3 heteroatoms. The maximum atomic E-state index is 5.32. The van der Waals surface area contributed by atoms with Gasteiger partial charge in [-0.3, -0.25) is 0 Å². The van der Waals surface area contributed by atoms with E-state index in [2.05, 4.69) is 51.1 Å². The monoisotopic (exact) mass is 226 g/mol. The lowest BCUT2D eigenvalue weighted by atomic mass is 9.81. The van der Waals surface area contributed by atoms with E-state index in [4.69, 9.17) is 12.2 Å². The normalized spacial score (nSPS) is 13.2. The SMILES string of the molecule is Cc1c[nH]c(=S)n1C(C)(C)CC(C)(C)C. The third kappa shape index (κ3) is 2.94. The fraction of sp³-hybridized carbons (Fsp3) is 0.750. The van der Waals surface area contributed by atoms with Crippen molar-refractivity contribution in [2.45, 2.75) is 53.5 Å². The van der Waals surface area contributed by atoms with Crippen molar-refractivity contribution in [3.8, 4) is 0 Å². The van der Waals surface area contributed by atoms with E-state index in [1.54, 1.807) is 0 Å². The highest BCUT2D eigenvalue weighted by Gasteiger charge is 2.28. The predicted octanol–water partition coefficient (Wildman–Crippen LogP) is 4.03. The number of hydrogen-bond donors (Lipinski definition) is 1. The summed E-state index contributed by atoms with van der Waals surface area (Å²) in [6.07, 6.45) is 3.08. The van der Waals surface area contributed by atoms with Gasteiger partial charge in [0.1, 0.15) is 0 Å². The lowest BCUT2D eigenvalue weighted by Gasteiger charge is -2.34. The fourth-order valence-electron chi connectivity index (χ4n) is 2.58. The number of hydrogen-bond acceptors (Lipinski definition) is 1.